The van der Waals surface area contributed by atoms with Crippen LogP contribution >= 0.6 is 11.3 Å². The van der Waals surface area contributed by atoms with Gasteiger partial charge in [0.05, 0.1) is 23.4 Å². The number of anilines is 1. The molecule has 2 rings (SSSR count). The van der Waals surface area contributed by atoms with Gasteiger partial charge in [-0.05, 0) is 19.9 Å². The Morgan fingerprint density at radius 3 is 2.95 bits per heavy atom. The molecule has 0 bridgehead atoms. The third-order valence-corrected chi connectivity index (χ3v) is 3.76. The van der Waals surface area contributed by atoms with Crippen molar-refractivity contribution in [1.29, 1.82) is 0 Å². The van der Waals surface area contributed by atoms with E-state index in [1.807, 2.05) is 13.8 Å². The van der Waals surface area contributed by atoms with E-state index in [2.05, 4.69) is 27.1 Å². The average Bonchev–Trinajstić information content (AvgIpc) is 2.78. The summed E-state index contributed by atoms with van der Waals surface area (Å²) in [6, 6.07) is 1.62. The lowest BCUT2D eigenvalue weighted by Gasteiger charge is -2.03. The van der Waals surface area contributed by atoms with E-state index in [4.69, 9.17) is 5.11 Å². The van der Waals surface area contributed by atoms with Crippen molar-refractivity contribution in [2.75, 3.05) is 11.9 Å². The predicted octanol–water partition coefficient (Wildman–Crippen LogP) is 2.14. The van der Waals surface area contributed by atoms with E-state index in [0.29, 0.717) is 22.7 Å². The summed E-state index contributed by atoms with van der Waals surface area (Å²) in [5.41, 5.74) is 1.89. The summed E-state index contributed by atoms with van der Waals surface area (Å²) in [7, 11) is 0. The average molecular weight is 301 g/mol. The molecule has 5 nitrogen and oxygen atoms in total. The standard InChI is InChI=1S/C15H15N3O2S/c1-10-11(2)21-15(17-10)18-14(20)13-6-7-16-9-12(13)5-3-4-8-19/h6-7,9,19H,4,8H2,1-2H3,(H,17,18,20). The van der Waals surface area contributed by atoms with Crippen molar-refractivity contribution >= 4 is 22.4 Å². The minimum Gasteiger partial charge on any atom is -0.395 e. The van der Waals surface area contributed by atoms with E-state index in [-0.39, 0.29) is 12.5 Å². The number of hydrogen-bond acceptors (Lipinski definition) is 5. The Morgan fingerprint density at radius 2 is 2.29 bits per heavy atom. The molecule has 2 heterocycles. The zero-order valence-corrected chi connectivity index (χ0v) is 12.6. The van der Waals surface area contributed by atoms with Crippen LogP contribution in [0.4, 0.5) is 5.13 Å². The first-order valence-electron chi connectivity index (χ1n) is 6.41. The summed E-state index contributed by atoms with van der Waals surface area (Å²) < 4.78 is 0. The van der Waals surface area contributed by atoms with Crippen LogP contribution in [0.3, 0.4) is 0 Å². The van der Waals surface area contributed by atoms with E-state index in [1.54, 1.807) is 12.3 Å². The molecule has 2 aromatic heterocycles. The van der Waals surface area contributed by atoms with Gasteiger partial charge >= 0.3 is 0 Å². The Morgan fingerprint density at radius 1 is 1.48 bits per heavy atom. The van der Waals surface area contributed by atoms with Crippen LogP contribution in [0.2, 0.25) is 0 Å². The van der Waals surface area contributed by atoms with Crippen LogP contribution < -0.4 is 5.32 Å². The highest BCUT2D eigenvalue weighted by atomic mass is 32.1. The Labute approximate surface area is 127 Å². The first-order valence-corrected chi connectivity index (χ1v) is 7.22. The lowest BCUT2D eigenvalue weighted by molar-refractivity contribution is 0.102. The molecule has 1 amide bonds. The summed E-state index contributed by atoms with van der Waals surface area (Å²) in [5.74, 6) is 5.37. The number of pyridine rings is 1. The summed E-state index contributed by atoms with van der Waals surface area (Å²) in [5, 5.41) is 12.1. The quantitative estimate of drug-likeness (QED) is 0.852. The van der Waals surface area contributed by atoms with Crippen LogP contribution in [0.15, 0.2) is 18.5 Å². The topological polar surface area (TPSA) is 75.1 Å². The van der Waals surface area contributed by atoms with Crippen LogP contribution in [0, 0.1) is 25.7 Å². The number of rotatable bonds is 3. The molecular formula is C15H15N3O2S. The Kier molecular flexibility index (Phi) is 5.04. The third kappa shape index (κ3) is 3.88. The molecule has 0 aliphatic heterocycles. The molecule has 0 aliphatic carbocycles. The molecule has 0 radical (unpaired) electrons. The number of aliphatic hydroxyl groups is 1. The Balaban J connectivity index is 2.21. The maximum absolute atomic E-state index is 12.3. The number of aryl methyl sites for hydroxylation is 2. The molecule has 0 spiro atoms. The number of carbonyl (C=O) groups excluding carboxylic acids is 1. The molecule has 0 aliphatic rings. The normalized spacial score (nSPS) is 9.86. The van der Waals surface area contributed by atoms with Crippen LogP contribution in [0.25, 0.3) is 0 Å². The van der Waals surface area contributed by atoms with Crippen molar-refractivity contribution < 1.29 is 9.90 Å². The lowest BCUT2D eigenvalue weighted by atomic mass is 10.1. The number of hydrogen-bond donors (Lipinski definition) is 2. The highest BCUT2D eigenvalue weighted by molar-refractivity contribution is 7.15. The van der Waals surface area contributed by atoms with Gasteiger partial charge in [-0.15, -0.1) is 11.3 Å². The second kappa shape index (κ2) is 6.97. The van der Waals surface area contributed by atoms with Crippen LogP contribution in [0.5, 0.6) is 0 Å². The van der Waals surface area contributed by atoms with Crippen molar-refractivity contribution in [2.24, 2.45) is 0 Å². The van der Waals surface area contributed by atoms with Gasteiger partial charge in [-0.1, -0.05) is 11.8 Å². The first kappa shape index (κ1) is 15.2. The van der Waals surface area contributed by atoms with Gasteiger partial charge in [-0.3, -0.25) is 15.1 Å². The molecule has 2 aromatic rings. The predicted molar refractivity (Wildman–Crippen MR) is 82.4 cm³/mol. The number of aromatic nitrogens is 2. The molecule has 0 aromatic carbocycles. The number of thiazole rings is 1. The highest BCUT2D eigenvalue weighted by Gasteiger charge is 2.13. The molecule has 108 valence electrons. The van der Waals surface area contributed by atoms with Crippen molar-refractivity contribution in [1.82, 2.24) is 9.97 Å². The summed E-state index contributed by atoms with van der Waals surface area (Å²) in [4.78, 5) is 21.6. The molecule has 0 atom stereocenters. The van der Waals surface area contributed by atoms with Gasteiger partial charge < -0.3 is 5.11 Å². The van der Waals surface area contributed by atoms with E-state index in [9.17, 15) is 4.79 Å². The van der Waals surface area contributed by atoms with E-state index < -0.39 is 0 Å². The molecule has 2 N–H and O–H groups in total. The van der Waals surface area contributed by atoms with Gasteiger partial charge in [0, 0.05) is 23.7 Å². The molecule has 0 saturated heterocycles. The smallest absolute Gasteiger partial charge is 0.258 e. The fraction of sp³-hybridized carbons (Fsp3) is 0.267. The SMILES string of the molecule is Cc1nc(NC(=O)c2ccncc2C#CCCO)sc1C. The minimum atomic E-state index is -0.264. The summed E-state index contributed by atoms with van der Waals surface area (Å²) in [6.07, 6.45) is 3.45. The lowest BCUT2D eigenvalue weighted by Crippen LogP contribution is -2.13. The Bertz CT molecular complexity index is 694. The Hall–Kier alpha value is -2.23. The van der Waals surface area contributed by atoms with E-state index >= 15 is 0 Å². The molecule has 21 heavy (non-hydrogen) atoms. The molecule has 0 fully saturated rings. The van der Waals surface area contributed by atoms with Gasteiger partial charge in [0.1, 0.15) is 0 Å². The first-order chi connectivity index (χ1) is 10.1. The highest BCUT2D eigenvalue weighted by Crippen LogP contribution is 2.22. The molecular weight excluding hydrogens is 286 g/mol. The van der Waals surface area contributed by atoms with Gasteiger partial charge in [0.15, 0.2) is 5.13 Å². The maximum Gasteiger partial charge on any atom is 0.258 e. The second-order valence-electron chi connectivity index (χ2n) is 4.31. The molecule has 0 unspecified atom stereocenters. The number of nitrogens with one attached hydrogen (secondary N) is 1. The van der Waals surface area contributed by atoms with Crippen LogP contribution in [-0.4, -0.2) is 27.6 Å². The summed E-state index contributed by atoms with van der Waals surface area (Å²) in [6.45, 7) is 3.85. The minimum absolute atomic E-state index is 0.00748. The third-order valence-electron chi connectivity index (χ3n) is 2.77. The van der Waals surface area contributed by atoms with Gasteiger partial charge in [0.2, 0.25) is 0 Å². The largest absolute Gasteiger partial charge is 0.395 e. The zero-order valence-electron chi connectivity index (χ0n) is 11.8. The molecule has 6 heteroatoms. The monoisotopic (exact) mass is 301 g/mol. The maximum atomic E-state index is 12.3. The number of nitrogens with zero attached hydrogens (tertiary/aromatic N) is 2. The number of carbonyl (C=O) groups is 1. The summed E-state index contributed by atoms with van der Waals surface area (Å²) >= 11 is 1.44. The van der Waals surface area contributed by atoms with Crippen molar-refractivity contribution in [3.8, 4) is 11.8 Å². The molecule has 0 saturated carbocycles. The zero-order chi connectivity index (χ0) is 15.2. The van der Waals surface area contributed by atoms with Gasteiger partial charge in [0.25, 0.3) is 5.91 Å². The van der Waals surface area contributed by atoms with E-state index in [0.717, 1.165) is 10.6 Å². The number of amides is 1. The van der Waals surface area contributed by atoms with Crippen LogP contribution in [0.1, 0.15) is 32.9 Å². The van der Waals surface area contributed by atoms with Crippen LogP contribution in [-0.2, 0) is 0 Å². The number of aliphatic hydroxyl groups excluding tert-OH is 1. The van der Waals surface area contributed by atoms with Crippen molar-refractivity contribution in [3.63, 3.8) is 0 Å². The van der Waals surface area contributed by atoms with E-state index in [1.165, 1.54) is 17.5 Å². The van der Waals surface area contributed by atoms with Crippen molar-refractivity contribution in [3.05, 3.63) is 40.2 Å². The van der Waals surface area contributed by atoms with Crippen molar-refractivity contribution in [2.45, 2.75) is 20.3 Å². The fourth-order valence-electron chi connectivity index (χ4n) is 1.60. The van der Waals surface area contributed by atoms with Gasteiger partial charge in [-0.25, -0.2) is 4.98 Å². The fourth-order valence-corrected chi connectivity index (χ4v) is 2.41. The second-order valence-corrected chi connectivity index (χ2v) is 5.51. The van der Waals surface area contributed by atoms with Gasteiger partial charge in [-0.2, -0.15) is 0 Å².